The summed E-state index contributed by atoms with van der Waals surface area (Å²) in [5, 5.41) is 3.52. The van der Waals surface area contributed by atoms with Crippen LogP contribution in [0.15, 0.2) is 32.2 Å². The molecule has 0 spiro atoms. The van der Waals surface area contributed by atoms with Crippen LogP contribution in [-0.2, 0) is 0 Å². The van der Waals surface area contributed by atoms with E-state index in [2.05, 4.69) is 35.7 Å². The van der Waals surface area contributed by atoms with Gasteiger partial charge in [-0.2, -0.15) is 0 Å². The average Bonchev–Trinajstić information content (AvgIpc) is 2.34. The van der Waals surface area contributed by atoms with Crippen molar-refractivity contribution in [3.05, 3.63) is 32.2 Å². The van der Waals surface area contributed by atoms with Gasteiger partial charge in [0.25, 0.3) is 0 Å². The summed E-state index contributed by atoms with van der Waals surface area (Å²) in [6.07, 6.45) is 3.45. The third-order valence-electron chi connectivity index (χ3n) is 2.66. The van der Waals surface area contributed by atoms with Gasteiger partial charge in [-0.15, -0.1) is 0 Å². The Morgan fingerprint density at radius 3 is 2.86 bits per heavy atom. The van der Waals surface area contributed by atoms with Gasteiger partial charge in [-0.05, 0) is 0 Å². The van der Waals surface area contributed by atoms with E-state index in [0.717, 1.165) is 13.0 Å². The Hall–Kier alpha value is -0.450. The SMILES string of the molecule is CC1=CC2=C(NCC1)C(C)=C(C)[I-]N2. The van der Waals surface area contributed by atoms with E-state index in [1.807, 2.05) is 0 Å². The Morgan fingerprint density at radius 2 is 2.07 bits per heavy atom. The molecule has 0 aliphatic carbocycles. The van der Waals surface area contributed by atoms with Crippen LogP contribution in [0.2, 0.25) is 0 Å². The van der Waals surface area contributed by atoms with E-state index < -0.39 is 0 Å². The molecule has 0 bridgehead atoms. The molecule has 0 radical (unpaired) electrons. The van der Waals surface area contributed by atoms with Gasteiger partial charge in [0.05, 0.1) is 0 Å². The van der Waals surface area contributed by atoms with Crippen LogP contribution in [0.25, 0.3) is 0 Å². The second-order valence-corrected chi connectivity index (χ2v) is 6.50. The van der Waals surface area contributed by atoms with Crippen LogP contribution in [-0.4, -0.2) is 6.54 Å². The first-order valence-corrected chi connectivity index (χ1v) is 7.07. The van der Waals surface area contributed by atoms with Crippen LogP contribution < -0.4 is 30.3 Å². The maximum atomic E-state index is 3.56. The number of hydrogen-bond acceptors (Lipinski definition) is 2. The van der Waals surface area contributed by atoms with Gasteiger partial charge in [-0.3, -0.25) is 0 Å². The number of nitrogens with one attached hydrogen (secondary N) is 2. The second-order valence-electron chi connectivity index (χ2n) is 3.80. The van der Waals surface area contributed by atoms with Crippen LogP contribution in [0.1, 0.15) is 27.2 Å². The van der Waals surface area contributed by atoms with Crippen molar-refractivity contribution in [2.24, 2.45) is 0 Å². The van der Waals surface area contributed by atoms with Gasteiger partial charge in [-0.25, -0.2) is 0 Å². The number of hydrogen-bond donors (Lipinski definition) is 2. The van der Waals surface area contributed by atoms with Gasteiger partial charge in [-0.1, -0.05) is 0 Å². The molecule has 0 saturated heterocycles. The zero-order chi connectivity index (χ0) is 10.1. The molecule has 0 fully saturated rings. The molecule has 0 aromatic carbocycles. The van der Waals surface area contributed by atoms with Gasteiger partial charge in [0, 0.05) is 0 Å². The molecule has 2 nitrogen and oxygen atoms in total. The average molecular weight is 303 g/mol. The summed E-state index contributed by atoms with van der Waals surface area (Å²) in [7, 11) is 0. The van der Waals surface area contributed by atoms with Crippen molar-refractivity contribution in [1.29, 1.82) is 0 Å². The molecule has 0 atom stereocenters. The van der Waals surface area contributed by atoms with E-state index in [4.69, 9.17) is 0 Å². The standard InChI is InChI=1S/C11H16IN2/c1-7-4-5-13-11-8(2)9(3)12-14-10(11)6-7/h6,13-14H,4-5H2,1-3H3/q-1. The summed E-state index contributed by atoms with van der Waals surface area (Å²) in [5.74, 6) is 0. The van der Waals surface area contributed by atoms with Crippen molar-refractivity contribution in [2.75, 3.05) is 6.54 Å². The minimum atomic E-state index is 0.0212. The molecule has 78 valence electrons. The van der Waals surface area contributed by atoms with E-state index in [9.17, 15) is 0 Å². The number of allylic oxidation sites excluding steroid dienone is 3. The molecule has 0 aromatic heterocycles. The zero-order valence-electron chi connectivity index (χ0n) is 8.87. The molecule has 14 heavy (non-hydrogen) atoms. The summed E-state index contributed by atoms with van der Waals surface area (Å²) < 4.78 is 5.11. The van der Waals surface area contributed by atoms with E-state index >= 15 is 0 Å². The normalized spacial score (nSPS) is 22.6. The first kappa shape index (κ1) is 10.1. The summed E-state index contributed by atoms with van der Waals surface area (Å²) in [4.78, 5) is 0. The Morgan fingerprint density at radius 1 is 1.29 bits per heavy atom. The predicted molar refractivity (Wildman–Crippen MR) is 54.9 cm³/mol. The van der Waals surface area contributed by atoms with Crippen molar-refractivity contribution >= 4 is 0 Å². The predicted octanol–water partition coefficient (Wildman–Crippen LogP) is -0.961. The van der Waals surface area contributed by atoms with Gasteiger partial charge < -0.3 is 0 Å². The van der Waals surface area contributed by atoms with Crippen molar-refractivity contribution in [3.63, 3.8) is 0 Å². The summed E-state index contributed by atoms with van der Waals surface area (Å²) in [6.45, 7) is 7.74. The quantitative estimate of drug-likeness (QED) is 0.445. The third kappa shape index (κ3) is 1.82. The van der Waals surface area contributed by atoms with Gasteiger partial charge >= 0.3 is 96.3 Å². The number of rotatable bonds is 0. The Bertz CT molecular complexity index is 350. The van der Waals surface area contributed by atoms with Crippen molar-refractivity contribution in [3.8, 4) is 0 Å². The van der Waals surface area contributed by atoms with Crippen LogP contribution in [0, 0.1) is 0 Å². The molecule has 2 aliphatic heterocycles. The number of halogens is 1. The molecule has 2 rings (SSSR count). The fraction of sp³-hybridized carbons (Fsp3) is 0.455. The van der Waals surface area contributed by atoms with Gasteiger partial charge in [0.1, 0.15) is 0 Å². The molecule has 0 amide bonds. The first-order chi connectivity index (χ1) is 6.68. The second kappa shape index (κ2) is 3.96. The van der Waals surface area contributed by atoms with Gasteiger partial charge in [0.2, 0.25) is 0 Å². The van der Waals surface area contributed by atoms with Gasteiger partial charge in [0.15, 0.2) is 0 Å². The van der Waals surface area contributed by atoms with Crippen molar-refractivity contribution in [1.82, 2.24) is 8.85 Å². The molecule has 2 heterocycles. The summed E-state index contributed by atoms with van der Waals surface area (Å²) >= 11 is 0.0212. The molecule has 3 heteroatoms. The van der Waals surface area contributed by atoms with E-state index in [0.29, 0.717) is 0 Å². The van der Waals surface area contributed by atoms with E-state index in [1.165, 1.54) is 22.5 Å². The molecular weight excluding hydrogens is 287 g/mol. The van der Waals surface area contributed by atoms with Crippen LogP contribution >= 0.6 is 0 Å². The molecule has 0 saturated carbocycles. The molecule has 2 N–H and O–H groups in total. The Balaban J connectivity index is 2.42. The van der Waals surface area contributed by atoms with Crippen LogP contribution in [0.4, 0.5) is 0 Å². The molecule has 0 aromatic rings. The van der Waals surface area contributed by atoms with Crippen molar-refractivity contribution < 1.29 is 21.5 Å². The monoisotopic (exact) mass is 303 g/mol. The fourth-order valence-corrected chi connectivity index (χ4v) is 3.44. The minimum absolute atomic E-state index is 0.0212. The summed E-state index contributed by atoms with van der Waals surface area (Å²) in [5.41, 5.74) is 5.56. The fourth-order valence-electron chi connectivity index (χ4n) is 1.64. The molecular formula is C11H16IN2-. The maximum absolute atomic E-state index is 3.56. The van der Waals surface area contributed by atoms with E-state index in [-0.39, 0.29) is 21.5 Å². The van der Waals surface area contributed by atoms with Crippen LogP contribution in [0.3, 0.4) is 0 Å². The Labute approximate surface area is 96.2 Å². The molecule has 2 aliphatic rings. The van der Waals surface area contributed by atoms with Crippen LogP contribution in [0.5, 0.6) is 0 Å². The summed E-state index contributed by atoms with van der Waals surface area (Å²) in [6, 6.07) is 0. The van der Waals surface area contributed by atoms with Crippen molar-refractivity contribution in [2.45, 2.75) is 27.2 Å². The molecule has 0 unspecified atom stereocenters. The first-order valence-electron chi connectivity index (χ1n) is 4.91. The zero-order valence-corrected chi connectivity index (χ0v) is 11.0. The topological polar surface area (TPSA) is 24.1 Å². The Kier molecular flexibility index (Phi) is 2.85. The third-order valence-corrected chi connectivity index (χ3v) is 5.13. The van der Waals surface area contributed by atoms with E-state index in [1.54, 1.807) is 3.58 Å².